The molecule has 0 saturated heterocycles. The molecule has 320 valence electrons. The third-order valence-corrected chi connectivity index (χ3v) is 8.88. The van der Waals surface area contributed by atoms with Crippen molar-refractivity contribution >= 4 is 64.5 Å². The summed E-state index contributed by atoms with van der Waals surface area (Å²) >= 11 is 23.3. The van der Waals surface area contributed by atoms with Crippen molar-refractivity contribution < 1.29 is 24.2 Å². The first-order valence-electron chi connectivity index (χ1n) is 18.3. The topological polar surface area (TPSA) is 193 Å². The maximum atomic E-state index is 11.4. The van der Waals surface area contributed by atoms with E-state index >= 15 is 0 Å². The predicted molar refractivity (Wildman–Crippen MR) is 242 cm³/mol. The lowest BCUT2D eigenvalue weighted by Crippen LogP contribution is -2.08. The van der Waals surface area contributed by atoms with Crippen LogP contribution in [-0.2, 0) is 19.1 Å². The van der Waals surface area contributed by atoms with E-state index < -0.39 is 11.9 Å². The number of ether oxygens (including phenoxy) is 2. The molecule has 0 saturated carbocycles. The van der Waals surface area contributed by atoms with Gasteiger partial charge in [0.1, 0.15) is 18.4 Å². The van der Waals surface area contributed by atoms with Crippen molar-refractivity contribution in [2.45, 2.75) is 60.7 Å². The molecule has 0 spiro atoms. The van der Waals surface area contributed by atoms with Gasteiger partial charge in [0.05, 0.1) is 40.5 Å². The Balaban J connectivity index is 0.000000281. The van der Waals surface area contributed by atoms with E-state index in [0.29, 0.717) is 27.0 Å². The first kappa shape index (κ1) is 51.5. The number of hydrogen-bond donors (Lipinski definition) is 2. The summed E-state index contributed by atoms with van der Waals surface area (Å²) in [6.07, 6.45) is 10.2. The summed E-state index contributed by atoms with van der Waals surface area (Å²) in [6, 6.07) is 24.9. The minimum atomic E-state index is -0.597. The van der Waals surface area contributed by atoms with Gasteiger partial charge >= 0.3 is 11.9 Å². The number of H-pyrrole nitrogens is 1. The number of carbonyl (C=O) groups excluding carboxylic acids is 2. The second-order valence-corrected chi connectivity index (χ2v) is 14.7. The molecule has 0 amide bonds. The highest BCUT2D eigenvalue weighted by atomic mass is 35.5. The van der Waals surface area contributed by atoms with E-state index in [9.17, 15) is 9.59 Å². The van der Waals surface area contributed by atoms with E-state index in [1.54, 1.807) is 39.8 Å². The molecule has 2 heterocycles. The number of nitrogens with one attached hydrogen (secondary N) is 1. The van der Waals surface area contributed by atoms with E-state index in [4.69, 9.17) is 73.2 Å². The Morgan fingerprint density at radius 2 is 1.27 bits per heavy atom. The lowest BCUT2D eigenvalue weighted by molar-refractivity contribution is -0.141. The van der Waals surface area contributed by atoms with Crippen molar-refractivity contribution in [3.63, 3.8) is 0 Å². The highest BCUT2D eigenvalue weighted by molar-refractivity contribution is 6.32. The van der Waals surface area contributed by atoms with Crippen molar-refractivity contribution in [2.24, 2.45) is 0 Å². The molecule has 0 aliphatic carbocycles. The number of aromatic nitrogens is 6. The summed E-state index contributed by atoms with van der Waals surface area (Å²) in [4.78, 5) is 29.8. The molecule has 0 atom stereocenters. The number of carbonyl (C=O) groups is 2. The highest BCUT2D eigenvalue weighted by Gasteiger charge is 2.07. The number of hydrogen-bond acceptors (Lipinski definition) is 11. The fourth-order valence-corrected chi connectivity index (χ4v) is 4.91. The molecule has 6 aromatic rings. The van der Waals surface area contributed by atoms with Crippen LogP contribution in [0.25, 0.3) is 29.0 Å². The number of phenols is 1. The number of esters is 2. The second kappa shape index (κ2) is 26.5. The van der Waals surface area contributed by atoms with Gasteiger partial charge in [-0.05, 0) is 108 Å². The zero-order chi connectivity index (χ0) is 46.4. The summed E-state index contributed by atoms with van der Waals surface area (Å²) in [5, 5.41) is 38.8. The van der Waals surface area contributed by atoms with Gasteiger partial charge in [-0.3, -0.25) is 5.10 Å². The molecule has 2 N–H and O–H groups in total. The summed E-state index contributed by atoms with van der Waals surface area (Å²) in [7, 11) is 0. The average Bonchev–Trinajstić information content (AvgIpc) is 3.96. The Labute approximate surface area is 380 Å². The van der Waals surface area contributed by atoms with Crippen LogP contribution in [0.1, 0.15) is 55.5 Å². The zero-order valence-electron chi connectivity index (χ0n) is 34.7. The van der Waals surface area contributed by atoms with Crippen LogP contribution in [0.5, 0.6) is 5.75 Å². The molecular weight excluding hydrogens is 874 g/mol. The number of rotatable bonds is 6. The number of phenolic OH excluding ortho intramolecular Hbond substituents is 1. The molecule has 0 radical (unpaired) electrons. The number of nitrogens with zero attached hydrogens (tertiary/aromatic N) is 7. The highest BCUT2D eigenvalue weighted by Crippen LogP contribution is 2.24. The van der Waals surface area contributed by atoms with Gasteiger partial charge in [-0.25, -0.2) is 24.2 Å². The molecular formula is C45H42Cl4N8O5. The monoisotopic (exact) mass is 914 g/mol. The first-order chi connectivity index (χ1) is 29.4. The van der Waals surface area contributed by atoms with E-state index in [-0.39, 0.29) is 23.0 Å². The van der Waals surface area contributed by atoms with Crippen molar-refractivity contribution in [3.8, 4) is 53.0 Å². The standard InChI is InChI=1S/C15H16ClN3O2.C9H8ClN3.C8H6ClN.C7H4ClNO.C6H8O2/c1-10(2)21-14(20)6-7-19-9-17-15(18-19)12-5-4-11(3)13(16)8-12;1-6-2-3-7(4-8(6)10)9-11-5-12-13-9;1-6-2-3-7(5-10)4-8(6)9;8-6-3-5(4-9)1-2-7(6)10;1-4-6(7)8-5(2)3/h4-10H,1-3H3;2-5H,1H3,(H,11,12,13);2-4H,1H3;1-3,10H;1,5H,2-3H3/b7-6-;;;;. The van der Waals surface area contributed by atoms with E-state index in [1.807, 2.05) is 81.3 Å². The van der Waals surface area contributed by atoms with Crippen LogP contribution in [0.4, 0.5) is 0 Å². The third kappa shape index (κ3) is 18.7. The number of aromatic amines is 1. The van der Waals surface area contributed by atoms with Crippen LogP contribution in [-0.4, -0.2) is 59.2 Å². The van der Waals surface area contributed by atoms with Crippen molar-refractivity contribution in [2.75, 3.05) is 0 Å². The van der Waals surface area contributed by atoms with E-state index in [1.165, 1.54) is 47.8 Å². The molecule has 0 aliphatic heterocycles. The molecule has 0 fully saturated rings. The smallest absolute Gasteiger partial charge is 0.384 e. The molecule has 0 aliphatic rings. The van der Waals surface area contributed by atoms with Crippen LogP contribution in [0.2, 0.25) is 20.1 Å². The summed E-state index contributed by atoms with van der Waals surface area (Å²) in [6.45, 7) is 12.9. The van der Waals surface area contributed by atoms with Crippen LogP contribution < -0.4 is 0 Å². The molecule has 2 aromatic heterocycles. The van der Waals surface area contributed by atoms with Crippen LogP contribution in [0.15, 0.2) is 91.5 Å². The van der Waals surface area contributed by atoms with Crippen LogP contribution in [0, 0.1) is 55.8 Å². The first-order valence-corrected chi connectivity index (χ1v) is 19.8. The maximum absolute atomic E-state index is 11.4. The van der Waals surface area contributed by atoms with E-state index in [2.05, 4.69) is 30.0 Å². The van der Waals surface area contributed by atoms with Gasteiger partial charge in [-0.15, -0.1) is 11.5 Å². The minimum Gasteiger partial charge on any atom is -0.506 e. The van der Waals surface area contributed by atoms with Gasteiger partial charge in [0.2, 0.25) is 0 Å². The third-order valence-electron chi connectivity index (χ3n) is 7.35. The SMILES string of the molecule is C#CC(=O)OC(C)C.Cc1ccc(-c2ncn(/C=C\C(=O)OC(C)C)n2)cc1Cl.Cc1ccc(-c2ncn[nH]2)cc1Cl.Cc1ccc(C#N)cc1Cl.N#Cc1ccc(O)c(Cl)c1. The summed E-state index contributed by atoms with van der Waals surface area (Å²) in [5.41, 5.74) is 5.88. The van der Waals surface area contributed by atoms with Gasteiger partial charge < -0.3 is 14.6 Å². The molecule has 17 heteroatoms. The fraction of sp³-hybridized carbons (Fsp3) is 0.200. The Morgan fingerprint density at radius 1 is 0.758 bits per heavy atom. The Morgan fingerprint density at radius 3 is 1.74 bits per heavy atom. The minimum absolute atomic E-state index is 0.000617. The van der Waals surface area contributed by atoms with Crippen LogP contribution >= 0.6 is 46.4 Å². The Hall–Kier alpha value is -6.66. The second-order valence-electron chi connectivity index (χ2n) is 13.1. The number of aryl methyl sites for hydroxylation is 3. The van der Waals surface area contributed by atoms with Crippen molar-refractivity contribution in [1.29, 1.82) is 10.5 Å². The van der Waals surface area contributed by atoms with Gasteiger partial charge in [0.25, 0.3) is 0 Å². The summed E-state index contributed by atoms with van der Waals surface area (Å²) in [5.74, 6) is 2.10. The fourth-order valence-electron chi connectivity index (χ4n) is 4.19. The normalized spacial score (nSPS) is 9.90. The quantitative estimate of drug-likeness (QED) is 0.0699. The molecule has 6 rings (SSSR count). The number of nitriles is 2. The lowest BCUT2D eigenvalue weighted by atomic mass is 10.1. The summed E-state index contributed by atoms with van der Waals surface area (Å²) < 4.78 is 11.0. The largest absolute Gasteiger partial charge is 0.506 e. The molecule has 0 unspecified atom stereocenters. The molecule has 0 bridgehead atoms. The number of halogens is 4. The number of benzene rings is 4. The van der Waals surface area contributed by atoms with Gasteiger partial charge in [-0.2, -0.15) is 15.6 Å². The van der Waals surface area contributed by atoms with Gasteiger partial charge in [-0.1, -0.05) is 76.7 Å². The molecule has 13 nitrogen and oxygen atoms in total. The zero-order valence-corrected chi connectivity index (χ0v) is 37.7. The maximum Gasteiger partial charge on any atom is 0.384 e. The number of terminal acetylenes is 1. The van der Waals surface area contributed by atoms with Crippen molar-refractivity contribution in [1.82, 2.24) is 29.9 Å². The van der Waals surface area contributed by atoms with Crippen LogP contribution in [0.3, 0.4) is 0 Å². The Bertz CT molecular complexity index is 2510. The van der Waals surface area contributed by atoms with Gasteiger partial charge in [0, 0.05) is 44.4 Å². The van der Waals surface area contributed by atoms with E-state index in [0.717, 1.165) is 38.7 Å². The lowest BCUT2D eigenvalue weighted by Gasteiger charge is -2.03. The van der Waals surface area contributed by atoms with Gasteiger partial charge in [0.15, 0.2) is 11.6 Å². The Kier molecular flexibility index (Phi) is 22.0. The number of aromatic hydroxyl groups is 1. The molecule has 62 heavy (non-hydrogen) atoms. The average molecular weight is 917 g/mol. The molecule has 4 aromatic carbocycles. The predicted octanol–water partition coefficient (Wildman–Crippen LogP) is 10.8. The van der Waals surface area contributed by atoms with Crippen molar-refractivity contribution in [3.05, 3.63) is 139 Å².